The second-order valence-corrected chi connectivity index (χ2v) is 4.06. The fourth-order valence-corrected chi connectivity index (χ4v) is 1.61. The second-order valence-electron chi connectivity index (χ2n) is 4.06. The molecule has 2 heterocycles. The van der Waals surface area contributed by atoms with Crippen molar-refractivity contribution < 1.29 is 9.59 Å². The molecule has 2 aromatic heterocycles. The molecule has 6 nitrogen and oxygen atoms in total. The Balaban J connectivity index is 2.08. The molecule has 1 amide bonds. The van der Waals surface area contributed by atoms with Crippen LogP contribution in [0.2, 0.25) is 0 Å². The quantitative estimate of drug-likeness (QED) is 0.795. The van der Waals surface area contributed by atoms with Gasteiger partial charge in [-0.25, -0.2) is 4.98 Å². The van der Waals surface area contributed by atoms with Gasteiger partial charge in [0.2, 0.25) is 0 Å². The Morgan fingerprint density at radius 3 is 2.72 bits per heavy atom. The van der Waals surface area contributed by atoms with Crippen LogP contribution in [0, 0.1) is 0 Å². The SMILES string of the molecule is CC(=O)c1c[nH]c(C(=O)N(C)Cc2ncc[nH]2)c1. The highest BCUT2D eigenvalue weighted by Crippen LogP contribution is 2.08. The van der Waals surface area contributed by atoms with Gasteiger partial charge in [0, 0.05) is 31.2 Å². The van der Waals surface area contributed by atoms with E-state index in [4.69, 9.17) is 0 Å². The molecule has 94 valence electrons. The molecule has 0 aliphatic heterocycles. The lowest BCUT2D eigenvalue weighted by Gasteiger charge is -2.14. The topological polar surface area (TPSA) is 81.8 Å². The van der Waals surface area contributed by atoms with Crippen LogP contribution in [0.3, 0.4) is 0 Å². The summed E-state index contributed by atoms with van der Waals surface area (Å²) in [5.41, 5.74) is 0.902. The van der Waals surface area contributed by atoms with E-state index in [1.54, 1.807) is 25.5 Å². The number of imidazole rings is 1. The first-order chi connectivity index (χ1) is 8.58. The van der Waals surface area contributed by atoms with E-state index in [1.807, 2.05) is 0 Å². The van der Waals surface area contributed by atoms with E-state index >= 15 is 0 Å². The molecule has 0 fully saturated rings. The number of Topliss-reactive ketones (excluding diaryl/α,β-unsaturated/α-hetero) is 1. The van der Waals surface area contributed by atoms with Crippen LogP contribution in [0.4, 0.5) is 0 Å². The van der Waals surface area contributed by atoms with E-state index in [1.165, 1.54) is 18.0 Å². The summed E-state index contributed by atoms with van der Waals surface area (Å²) < 4.78 is 0. The molecule has 0 unspecified atom stereocenters. The number of aromatic nitrogens is 3. The number of rotatable bonds is 4. The third-order valence-electron chi connectivity index (χ3n) is 2.61. The largest absolute Gasteiger partial charge is 0.356 e. The molecular formula is C12H14N4O2. The normalized spacial score (nSPS) is 10.3. The van der Waals surface area contributed by atoms with Gasteiger partial charge >= 0.3 is 0 Å². The lowest BCUT2D eigenvalue weighted by atomic mass is 10.2. The summed E-state index contributed by atoms with van der Waals surface area (Å²) in [6.07, 6.45) is 4.88. The molecule has 0 radical (unpaired) electrons. The fourth-order valence-electron chi connectivity index (χ4n) is 1.61. The molecule has 2 N–H and O–H groups in total. The predicted octanol–water partition coefficient (Wildman–Crippen LogP) is 1.21. The maximum atomic E-state index is 12.0. The molecule has 0 aromatic carbocycles. The van der Waals surface area contributed by atoms with Gasteiger partial charge in [0.1, 0.15) is 11.5 Å². The molecule has 0 bridgehead atoms. The van der Waals surface area contributed by atoms with Crippen LogP contribution in [0.1, 0.15) is 33.6 Å². The number of ketones is 1. The molecule has 2 rings (SSSR count). The highest BCUT2D eigenvalue weighted by molar-refractivity contribution is 5.98. The van der Waals surface area contributed by atoms with Crippen LogP contribution < -0.4 is 0 Å². The Labute approximate surface area is 104 Å². The molecule has 0 saturated carbocycles. The first-order valence-electron chi connectivity index (χ1n) is 5.51. The van der Waals surface area contributed by atoms with Crippen molar-refractivity contribution in [2.24, 2.45) is 0 Å². The third kappa shape index (κ3) is 2.48. The average Bonchev–Trinajstić information content (AvgIpc) is 2.98. The van der Waals surface area contributed by atoms with Crippen molar-refractivity contribution in [3.63, 3.8) is 0 Å². The maximum absolute atomic E-state index is 12.0. The summed E-state index contributed by atoms with van der Waals surface area (Å²) in [4.78, 5) is 34.5. The molecule has 0 aliphatic carbocycles. The maximum Gasteiger partial charge on any atom is 0.270 e. The lowest BCUT2D eigenvalue weighted by molar-refractivity contribution is 0.0776. The van der Waals surface area contributed by atoms with Gasteiger partial charge in [0.05, 0.1) is 6.54 Å². The van der Waals surface area contributed by atoms with E-state index in [-0.39, 0.29) is 11.7 Å². The first-order valence-corrected chi connectivity index (χ1v) is 5.51. The van der Waals surface area contributed by atoms with Crippen LogP contribution >= 0.6 is 0 Å². The summed E-state index contributed by atoms with van der Waals surface area (Å²) in [7, 11) is 1.68. The highest BCUT2D eigenvalue weighted by Gasteiger charge is 2.15. The van der Waals surface area contributed by atoms with Crippen molar-refractivity contribution >= 4 is 11.7 Å². The van der Waals surface area contributed by atoms with Gasteiger partial charge in [-0.3, -0.25) is 9.59 Å². The smallest absolute Gasteiger partial charge is 0.270 e. The number of nitrogens with zero attached hydrogens (tertiary/aromatic N) is 2. The number of carbonyl (C=O) groups excluding carboxylic acids is 2. The van der Waals surface area contributed by atoms with Gasteiger partial charge in [0.25, 0.3) is 5.91 Å². The van der Waals surface area contributed by atoms with Gasteiger partial charge in [-0.2, -0.15) is 0 Å². The Bertz CT molecular complexity index is 556. The summed E-state index contributed by atoms with van der Waals surface area (Å²) >= 11 is 0. The Hall–Kier alpha value is -2.37. The van der Waals surface area contributed by atoms with E-state index in [2.05, 4.69) is 15.0 Å². The first kappa shape index (κ1) is 12.1. The Kier molecular flexibility index (Phi) is 3.27. The van der Waals surface area contributed by atoms with Crippen LogP contribution in [0.15, 0.2) is 24.7 Å². The van der Waals surface area contributed by atoms with Crippen LogP contribution in [-0.4, -0.2) is 38.6 Å². The average molecular weight is 246 g/mol. The molecule has 0 atom stereocenters. The monoisotopic (exact) mass is 246 g/mol. The van der Waals surface area contributed by atoms with Crippen molar-refractivity contribution in [3.05, 3.63) is 41.7 Å². The second kappa shape index (κ2) is 4.87. The van der Waals surface area contributed by atoms with E-state index in [9.17, 15) is 9.59 Å². The Morgan fingerprint density at radius 2 is 2.17 bits per heavy atom. The van der Waals surface area contributed by atoms with Gasteiger partial charge in [-0.15, -0.1) is 0 Å². The number of aromatic amines is 2. The molecule has 2 aromatic rings. The van der Waals surface area contributed by atoms with Crippen molar-refractivity contribution in [2.45, 2.75) is 13.5 Å². The molecule has 0 spiro atoms. The summed E-state index contributed by atoms with van der Waals surface area (Å²) in [5.74, 6) is 0.460. The van der Waals surface area contributed by atoms with Crippen LogP contribution in [-0.2, 0) is 6.54 Å². The van der Waals surface area contributed by atoms with Crippen LogP contribution in [0.25, 0.3) is 0 Å². The summed E-state index contributed by atoms with van der Waals surface area (Å²) in [6.45, 7) is 1.85. The third-order valence-corrected chi connectivity index (χ3v) is 2.61. The van der Waals surface area contributed by atoms with Crippen LogP contribution in [0.5, 0.6) is 0 Å². The Morgan fingerprint density at radius 1 is 1.39 bits per heavy atom. The zero-order valence-corrected chi connectivity index (χ0v) is 10.2. The lowest BCUT2D eigenvalue weighted by Crippen LogP contribution is -2.26. The number of carbonyl (C=O) groups is 2. The fraction of sp³-hybridized carbons (Fsp3) is 0.250. The minimum atomic E-state index is -0.182. The summed E-state index contributed by atoms with van der Waals surface area (Å²) in [5, 5.41) is 0. The minimum absolute atomic E-state index is 0.0704. The molecular weight excluding hydrogens is 232 g/mol. The minimum Gasteiger partial charge on any atom is -0.356 e. The summed E-state index contributed by atoms with van der Waals surface area (Å²) in [6, 6.07) is 1.56. The number of hydrogen-bond donors (Lipinski definition) is 2. The zero-order chi connectivity index (χ0) is 13.1. The van der Waals surface area contributed by atoms with E-state index < -0.39 is 0 Å². The van der Waals surface area contributed by atoms with Crippen molar-refractivity contribution in [1.82, 2.24) is 19.9 Å². The van der Waals surface area contributed by atoms with Gasteiger partial charge in [-0.05, 0) is 13.0 Å². The van der Waals surface area contributed by atoms with E-state index in [0.717, 1.165) is 0 Å². The highest BCUT2D eigenvalue weighted by atomic mass is 16.2. The predicted molar refractivity (Wildman–Crippen MR) is 65.2 cm³/mol. The van der Waals surface area contributed by atoms with Gasteiger partial charge in [-0.1, -0.05) is 0 Å². The molecule has 18 heavy (non-hydrogen) atoms. The number of amides is 1. The van der Waals surface area contributed by atoms with Gasteiger partial charge in [0.15, 0.2) is 5.78 Å². The number of nitrogens with one attached hydrogen (secondary N) is 2. The van der Waals surface area contributed by atoms with Gasteiger partial charge < -0.3 is 14.9 Å². The number of hydrogen-bond acceptors (Lipinski definition) is 3. The molecule has 0 aliphatic rings. The van der Waals surface area contributed by atoms with Crippen molar-refractivity contribution in [3.8, 4) is 0 Å². The standard InChI is InChI=1S/C12H14N4O2/c1-8(17)9-5-10(15-6-9)12(18)16(2)7-11-13-3-4-14-11/h3-6,15H,7H2,1-2H3,(H,13,14). The molecule has 0 saturated heterocycles. The van der Waals surface area contributed by atoms with E-state index in [0.29, 0.717) is 23.6 Å². The zero-order valence-electron chi connectivity index (χ0n) is 10.2. The molecule has 6 heteroatoms. The number of H-pyrrole nitrogens is 2. The van der Waals surface area contributed by atoms with Crippen molar-refractivity contribution in [1.29, 1.82) is 0 Å². The van der Waals surface area contributed by atoms with Crippen molar-refractivity contribution in [2.75, 3.05) is 7.05 Å².